The van der Waals surface area contributed by atoms with E-state index in [0.29, 0.717) is 17.9 Å². The Labute approximate surface area is 187 Å². The quantitative estimate of drug-likeness (QED) is 0.544. The van der Waals surface area contributed by atoms with Gasteiger partial charge in [-0.05, 0) is 67.2 Å². The van der Waals surface area contributed by atoms with Crippen molar-refractivity contribution >= 4 is 0 Å². The van der Waals surface area contributed by atoms with E-state index in [-0.39, 0.29) is 11.5 Å². The molecule has 172 valence electrons. The van der Waals surface area contributed by atoms with Crippen molar-refractivity contribution in [3.05, 3.63) is 63.5 Å². The summed E-state index contributed by atoms with van der Waals surface area (Å²) in [6.45, 7) is 6.29. The summed E-state index contributed by atoms with van der Waals surface area (Å²) in [7, 11) is 0. The Bertz CT molecular complexity index is 1020. The second kappa shape index (κ2) is 7.56. The van der Waals surface area contributed by atoms with Crippen molar-refractivity contribution in [2.24, 2.45) is 5.41 Å². The smallest absolute Gasteiger partial charge is 0.388 e. The third-order valence-corrected chi connectivity index (χ3v) is 7.44. The first-order valence-electron chi connectivity index (χ1n) is 11.6. The third kappa shape index (κ3) is 3.65. The first-order valence-corrected chi connectivity index (χ1v) is 11.6. The van der Waals surface area contributed by atoms with E-state index < -0.39 is 23.9 Å². The number of alkyl halides is 3. The Morgan fingerprint density at radius 1 is 1.03 bits per heavy atom. The molecule has 1 fully saturated rings. The van der Waals surface area contributed by atoms with Crippen molar-refractivity contribution in [2.75, 3.05) is 0 Å². The number of hydrogen-bond donors (Lipinski definition) is 1. The molecule has 0 saturated heterocycles. The molecular weight excluding hydrogens is 415 g/mol. The monoisotopic (exact) mass is 445 g/mol. The Balaban J connectivity index is 1.67. The highest BCUT2D eigenvalue weighted by Crippen LogP contribution is 2.53. The van der Waals surface area contributed by atoms with Gasteiger partial charge in [0.15, 0.2) is 0 Å². The molecule has 0 spiro atoms. The summed E-state index contributed by atoms with van der Waals surface area (Å²) >= 11 is 0. The highest BCUT2D eigenvalue weighted by molar-refractivity contribution is 5.52. The highest BCUT2D eigenvalue weighted by atomic mass is 19.4. The average molecular weight is 446 g/mol. The largest absolute Gasteiger partial charge is 0.416 e. The van der Waals surface area contributed by atoms with Crippen LogP contribution in [0.2, 0.25) is 0 Å². The van der Waals surface area contributed by atoms with Gasteiger partial charge in [0.1, 0.15) is 6.10 Å². The number of aromatic nitrogens is 1. The number of fused-ring (bicyclic) bond motifs is 2. The summed E-state index contributed by atoms with van der Waals surface area (Å²) in [5.41, 5.74) is 4.99. The van der Waals surface area contributed by atoms with Crippen molar-refractivity contribution < 1.29 is 23.0 Å². The Hall–Kier alpha value is -1.92. The Morgan fingerprint density at radius 3 is 2.31 bits per heavy atom. The molecule has 1 N–H and O–H groups in total. The molecule has 6 heteroatoms. The van der Waals surface area contributed by atoms with Gasteiger partial charge < -0.3 is 9.84 Å². The minimum absolute atomic E-state index is 0.0316. The minimum atomic E-state index is -4.37. The lowest BCUT2D eigenvalue weighted by Gasteiger charge is -2.37. The molecule has 1 saturated carbocycles. The summed E-state index contributed by atoms with van der Waals surface area (Å²) < 4.78 is 45.6. The zero-order valence-electron chi connectivity index (χ0n) is 18.8. The number of pyridine rings is 1. The van der Waals surface area contributed by atoms with Gasteiger partial charge in [0, 0.05) is 16.8 Å². The first kappa shape index (κ1) is 21.9. The van der Waals surface area contributed by atoms with E-state index in [1.54, 1.807) is 0 Å². The molecule has 3 atom stereocenters. The van der Waals surface area contributed by atoms with E-state index >= 15 is 0 Å². The standard InChI is InChI=1S/C26H30F3NO2/c1-14-23-22(24(32-14)16-8-10-17(11-9-16)26(27,28)29)20(15-6-4-5-7-15)21-18(30-23)12-25(2,3)13-19(21)31/h8-11,14-15,19,24,31H,4-7,12-13H2,1-3H3/t14?,19-,24?/m0/s1. The Kier molecular flexibility index (Phi) is 5.17. The molecule has 1 aliphatic heterocycles. The summed E-state index contributed by atoms with van der Waals surface area (Å²) in [5, 5.41) is 11.2. The van der Waals surface area contributed by atoms with E-state index in [2.05, 4.69) is 13.8 Å². The van der Waals surface area contributed by atoms with Crippen LogP contribution in [-0.4, -0.2) is 10.1 Å². The van der Waals surface area contributed by atoms with Gasteiger partial charge >= 0.3 is 6.18 Å². The first-order chi connectivity index (χ1) is 15.0. The van der Waals surface area contributed by atoms with Crippen LogP contribution in [0.3, 0.4) is 0 Å². The molecule has 0 radical (unpaired) electrons. The second-order valence-corrected chi connectivity index (χ2v) is 10.5. The molecule has 32 heavy (non-hydrogen) atoms. The highest BCUT2D eigenvalue weighted by Gasteiger charge is 2.43. The fraction of sp³-hybridized carbons (Fsp3) is 0.577. The van der Waals surface area contributed by atoms with Crippen molar-refractivity contribution in [1.29, 1.82) is 0 Å². The normalized spacial score (nSPS) is 27.4. The number of aliphatic hydroxyl groups excluding tert-OH is 1. The zero-order valence-corrected chi connectivity index (χ0v) is 18.8. The van der Waals surface area contributed by atoms with Crippen LogP contribution >= 0.6 is 0 Å². The molecule has 1 aromatic heterocycles. The molecule has 0 bridgehead atoms. The van der Waals surface area contributed by atoms with Crippen LogP contribution in [0.5, 0.6) is 0 Å². The number of ether oxygens (including phenoxy) is 1. The fourth-order valence-corrected chi connectivity index (χ4v) is 6.03. The van der Waals surface area contributed by atoms with E-state index in [0.717, 1.165) is 66.8 Å². The van der Waals surface area contributed by atoms with Gasteiger partial charge in [-0.15, -0.1) is 0 Å². The molecule has 5 rings (SSSR count). The van der Waals surface area contributed by atoms with Crippen molar-refractivity contribution in [1.82, 2.24) is 4.98 Å². The third-order valence-electron chi connectivity index (χ3n) is 7.44. The predicted octanol–water partition coefficient (Wildman–Crippen LogP) is 6.94. The molecule has 3 aliphatic rings. The zero-order chi connectivity index (χ0) is 22.8. The minimum Gasteiger partial charge on any atom is -0.388 e. The molecule has 2 unspecified atom stereocenters. The molecule has 2 aliphatic carbocycles. The SMILES string of the molecule is CC1OC(c2ccc(C(F)(F)F)cc2)c2c1nc1c(c2C2CCCC2)[C@@H](O)CC(C)(C)C1. The van der Waals surface area contributed by atoms with Crippen LogP contribution in [-0.2, 0) is 17.3 Å². The lowest BCUT2D eigenvalue weighted by atomic mass is 9.71. The van der Waals surface area contributed by atoms with Crippen LogP contribution < -0.4 is 0 Å². The number of halogens is 3. The Morgan fingerprint density at radius 2 is 1.69 bits per heavy atom. The summed E-state index contributed by atoms with van der Waals surface area (Å²) in [4.78, 5) is 5.02. The van der Waals surface area contributed by atoms with Crippen LogP contribution in [0.15, 0.2) is 24.3 Å². The summed E-state index contributed by atoms with van der Waals surface area (Å²) in [5.74, 6) is 0.335. The summed E-state index contributed by atoms with van der Waals surface area (Å²) in [6, 6.07) is 5.29. The number of nitrogens with zero attached hydrogens (tertiary/aromatic N) is 1. The lowest BCUT2D eigenvalue weighted by Crippen LogP contribution is -2.29. The average Bonchev–Trinajstić information content (AvgIpc) is 3.34. The van der Waals surface area contributed by atoms with Crippen LogP contribution in [0.4, 0.5) is 13.2 Å². The number of rotatable bonds is 2. The van der Waals surface area contributed by atoms with Crippen LogP contribution in [0.25, 0.3) is 0 Å². The number of aliphatic hydroxyl groups is 1. The van der Waals surface area contributed by atoms with Gasteiger partial charge in [-0.1, -0.05) is 38.8 Å². The molecular formula is C26H30F3NO2. The van der Waals surface area contributed by atoms with Crippen LogP contribution in [0, 0.1) is 5.41 Å². The van der Waals surface area contributed by atoms with Gasteiger partial charge in [-0.25, -0.2) is 0 Å². The molecule has 3 nitrogen and oxygen atoms in total. The maximum Gasteiger partial charge on any atom is 0.416 e. The maximum atomic E-state index is 13.1. The van der Waals surface area contributed by atoms with Gasteiger partial charge in [-0.3, -0.25) is 4.98 Å². The van der Waals surface area contributed by atoms with Crippen molar-refractivity contribution in [3.63, 3.8) is 0 Å². The van der Waals surface area contributed by atoms with Crippen LogP contribution in [0.1, 0.15) is 116 Å². The van der Waals surface area contributed by atoms with E-state index in [1.165, 1.54) is 17.7 Å². The molecule has 1 aromatic carbocycles. The topological polar surface area (TPSA) is 42.4 Å². The summed E-state index contributed by atoms with van der Waals surface area (Å²) in [6.07, 6.45) is 0.270. The lowest BCUT2D eigenvalue weighted by molar-refractivity contribution is -0.137. The van der Waals surface area contributed by atoms with Gasteiger partial charge in [0.05, 0.1) is 23.5 Å². The van der Waals surface area contributed by atoms with Gasteiger partial charge in [0.25, 0.3) is 0 Å². The van der Waals surface area contributed by atoms with E-state index in [4.69, 9.17) is 9.72 Å². The predicted molar refractivity (Wildman–Crippen MR) is 115 cm³/mol. The molecule has 2 aromatic rings. The van der Waals surface area contributed by atoms with Gasteiger partial charge in [0.2, 0.25) is 0 Å². The van der Waals surface area contributed by atoms with E-state index in [9.17, 15) is 18.3 Å². The maximum absolute atomic E-state index is 13.1. The second-order valence-electron chi connectivity index (χ2n) is 10.5. The van der Waals surface area contributed by atoms with Crippen molar-refractivity contribution in [3.8, 4) is 0 Å². The van der Waals surface area contributed by atoms with E-state index in [1.807, 2.05) is 6.92 Å². The molecule has 0 amide bonds. The fourth-order valence-electron chi connectivity index (χ4n) is 6.03. The number of hydrogen-bond acceptors (Lipinski definition) is 3. The van der Waals surface area contributed by atoms with Gasteiger partial charge in [-0.2, -0.15) is 13.2 Å². The van der Waals surface area contributed by atoms with Crippen molar-refractivity contribution in [2.45, 2.75) is 89.7 Å². The molecule has 2 heterocycles. The number of benzene rings is 1.